The average Bonchev–Trinajstić information content (AvgIpc) is 3.15. The minimum Gasteiger partial charge on any atom is -0.495 e. The largest absolute Gasteiger partial charge is 0.495 e. The summed E-state index contributed by atoms with van der Waals surface area (Å²) in [6.07, 6.45) is 1.73. The number of amides is 5. The van der Waals surface area contributed by atoms with Crippen molar-refractivity contribution in [3.8, 4) is 11.5 Å². The summed E-state index contributed by atoms with van der Waals surface area (Å²) in [4.78, 5) is 69.2. The Bertz CT molecular complexity index is 1980. The summed E-state index contributed by atoms with van der Waals surface area (Å²) in [6.45, 7) is 15.4. The number of anilines is 6. The normalized spacial score (nSPS) is 15.0. The van der Waals surface area contributed by atoms with Crippen molar-refractivity contribution in [2.45, 2.75) is 46.1 Å². The monoisotopic (exact) mass is 812 g/mol. The van der Waals surface area contributed by atoms with Crippen molar-refractivity contribution in [2.24, 2.45) is 5.41 Å². The number of ether oxygens (including phenoxy) is 3. The zero-order valence-corrected chi connectivity index (χ0v) is 33.9. The van der Waals surface area contributed by atoms with Gasteiger partial charge in [0.2, 0.25) is 5.91 Å². The molecule has 5 amide bonds. The Balaban J connectivity index is 1.51. The Kier molecular flexibility index (Phi) is 12.6. The topological polar surface area (TPSA) is 170 Å². The van der Waals surface area contributed by atoms with Crippen molar-refractivity contribution in [1.29, 1.82) is 0 Å². The Morgan fingerprint density at radius 3 is 2.14 bits per heavy atom. The number of carbonyl (C=O) groups is 4. The standard InChI is InChI=1S/C38H46Cl2N8O8/c1-9-30(49)43-24-17-23(46-20-38(21-46)13-15-45(10-2)16-14-38)11-12-25(24)47(35(51)52)29-19-28(41-22-42-29)44(6)34(50)48(36(53)56-37(3,4)5)33-31(39)26(54-7)18-27(55-8)32(33)40/h9,11-12,17-19,22H,1,10,13-16,20-21H2,2-8H3,(H,43,49)(H,51,52). The molecule has 1 spiro atoms. The van der Waals surface area contributed by atoms with Gasteiger partial charge in [0.25, 0.3) is 0 Å². The molecule has 1 aromatic heterocycles. The first-order valence-corrected chi connectivity index (χ1v) is 18.5. The average molecular weight is 814 g/mol. The van der Waals surface area contributed by atoms with Gasteiger partial charge < -0.3 is 34.4 Å². The molecule has 5 rings (SSSR count). The predicted octanol–water partition coefficient (Wildman–Crippen LogP) is 7.66. The van der Waals surface area contributed by atoms with Crippen molar-refractivity contribution < 1.29 is 38.5 Å². The third-order valence-electron chi connectivity index (χ3n) is 9.68. The van der Waals surface area contributed by atoms with Crippen molar-refractivity contribution in [3.63, 3.8) is 0 Å². The number of benzene rings is 2. The van der Waals surface area contributed by atoms with Gasteiger partial charge in [-0.1, -0.05) is 36.7 Å². The molecule has 18 heteroatoms. The van der Waals surface area contributed by atoms with E-state index in [4.69, 9.17) is 37.4 Å². The van der Waals surface area contributed by atoms with Crippen molar-refractivity contribution in [2.75, 3.05) is 78.9 Å². The fourth-order valence-electron chi connectivity index (χ4n) is 6.66. The Labute approximate surface area is 335 Å². The zero-order valence-electron chi connectivity index (χ0n) is 32.4. The van der Waals surface area contributed by atoms with Gasteiger partial charge in [0.05, 0.1) is 25.6 Å². The van der Waals surface area contributed by atoms with E-state index in [0.29, 0.717) is 4.90 Å². The molecular formula is C38H46Cl2N8O8. The predicted molar refractivity (Wildman–Crippen MR) is 216 cm³/mol. The second-order valence-electron chi connectivity index (χ2n) is 14.5. The second kappa shape index (κ2) is 16.8. The number of carbonyl (C=O) groups excluding carboxylic acids is 3. The first-order chi connectivity index (χ1) is 26.5. The van der Waals surface area contributed by atoms with Crippen LogP contribution in [-0.4, -0.2) is 104 Å². The number of carboxylic acid groups (broad SMARTS) is 1. The Morgan fingerprint density at radius 2 is 1.61 bits per heavy atom. The maximum absolute atomic E-state index is 14.3. The fraction of sp³-hybridized carbons (Fsp3) is 0.421. The van der Waals surface area contributed by atoms with Crippen molar-refractivity contribution in [1.82, 2.24) is 14.9 Å². The third-order valence-corrected chi connectivity index (χ3v) is 10.4. The number of imide groups is 1. The molecule has 3 heterocycles. The van der Waals surface area contributed by atoms with E-state index < -0.39 is 29.7 Å². The number of methoxy groups -OCH3 is 2. The number of nitrogens with zero attached hydrogens (tertiary/aromatic N) is 7. The molecule has 0 unspecified atom stereocenters. The van der Waals surface area contributed by atoms with E-state index in [2.05, 4.69) is 38.6 Å². The van der Waals surface area contributed by atoms with Crippen LogP contribution in [0.1, 0.15) is 40.5 Å². The lowest BCUT2D eigenvalue weighted by molar-refractivity contribution is -0.111. The van der Waals surface area contributed by atoms with Crippen LogP contribution in [-0.2, 0) is 9.53 Å². The van der Waals surface area contributed by atoms with Gasteiger partial charge in [0, 0.05) is 43.4 Å². The van der Waals surface area contributed by atoms with Gasteiger partial charge >= 0.3 is 18.2 Å². The van der Waals surface area contributed by atoms with E-state index in [9.17, 15) is 24.3 Å². The SMILES string of the molecule is C=CC(=O)Nc1cc(N2CC3(CCN(CC)CC3)C2)ccc1N(C(=O)O)c1cc(N(C)C(=O)N(C(=O)OC(C)(C)C)c2c(Cl)c(OC)cc(OC)c2Cl)ncn1. The van der Waals surface area contributed by atoms with Gasteiger partial charge in [-0.3, -0.25) is 9.69 Å². The van der Waals surface area contributed by atoms with Crippen LogP contribution in [0.3, 0.4) is 0 Å². The molecular weight excluding hydrogens is 767 g/mol. The van der Waals surface area contributed by atoms with Crippen LogP contribution in [0.25, 0.3) is 0 Å². The van der Waals surface area contributed by atoms with E-state index in [-0.39, 0.29) is 55.7 Å². The Morgan fingerprint density at radius 1 is 1.00 bits per heavy atom. The van der Waals surface area contributed by atoms with E-state index in [0.717, 1.165) is 73.5 Å². The fourth-order valence-corrected chi connectivity index (χ4v) is 7.33. The molecule has 0 saturated carbocycles. The molecule has 2 aliphatic heterocycles. The van der Waals surface area contributed by atoms with Crippen LogP contribution in [0, 0.1) is 5.41 Å². The van der Waals surface area contributed by atoms with Crippen LogP contribution in [0.15, 0.2) is 49.3 Å². The van der Waals surface area contributed by atoms with Gasteiger partial charge in [-0.15, -0.1) is 0 Å². The summed E-state index contributed by atoms with van der Waals surface area (Å²) in [6, 6.07) is 6.66. The molecule has 0 atom stereocenters. The molecule has 2 N–H and O–H groups in total. The lowest BCUT2D eigenvalue weighted by atomic mass is 9.71. The number of urea groups is 1. The molecule has 0 aliphatic carbocycles. The summed E-state index contributed by atoms with van der Waals surface area (Å²) in [5, 5.41) is 12.9. The molecule has 0 radical (unpaired) electrons. The number of nitrogens with one attached hydrogen (secondary N) is 1. The summed E-state index contributed by atoms with van der Waals surface area (Å²) in [5.41, 5.74) is -0.0639. The highest BCUT2D eigenvalue weighted by molar-refractivity contribution is 6.43. The van der Waals surface area contributed by atoms with Crippen LogP contribution >= 0.6 is 23.2 Å². The van der Waals surface area contributed by atoms with Crippen LogP contribution in [0.5, 0.6) is 11.5 Å². The molecule has 2 fully saturated rings. The van der Waals surface area contributed by atoms with E-state index in [1.165, 1.54) is 33.4 Å². The minimum atomic E-state index is -1.45. The number of halogens is 2. The van der Waals surface area contributed by atoms with Crippen molar-refractivity contribution >= 4 is 81.7 Å². The molecule has 16 nitrogen and oxygen atoms in total. The molecule has 300 valence electrons. The quantitative estimate of drug-likeness (QED) is 0.192. The molecule has 2 aliphatic rings. The zero-order chi connectivity index (χ0) is 41.1. The highest BCUT2D eigenvalue weighted by atomic mass is 35.5. The number of hydrogen-bond donors (Lipinski definition) is 2. The van der Waals surface area contributed by atoms with E-state index >= 15 is 0 Å². The van der Waals surface area contributed by atoms with Crippen LogP contribution in [0.2, 0.25) is 10.0 Å². The van der Waals surface area contributed by atoms with Gasteiger partial charge in [0.1, 0.15) is 50.8 Å². The Hall–Kier alpha value is -5.32. The van der Waals surface area contributed by atoms with Gasteiger partial charge in [-0.2, -0.15) is 4.90 Å². The van der Waals surface area contributed by atoms with Crippen LogP contribution < -0.4 is 34.4 Å². The van der Waals surface area contributed by atoms with Gasteiger partial charge in [-0.05, 0) is 77.5 Å². The summed E-state index contributed by atoms with van der Waals surface area (Å²) in [7, 11) is 3.96. The van der Waals surface area contributed by atoms with Gasteiger partial charge in [0.15, 0.2) is 0 Å². The number of likely N-dealkylation sites (tertiary alicyclic amines) is 1. The van der Waals surface area contributed by atoms with Crippen LogP contribution in [0.4, 0.5) is 48.8 Å². The van der Waals surface area contributed by atoms with Crippen molar-refractivity contribution in [3.05, 3.63) is 59.4 Å². The second-order valence-corrected chi connectivity index (χ2v) is 15.2. The molecule has 3 aromatic rings. The highest BCUT2D eigenvalue weighted by Crippen LogP contribution is 2.47. The van der Waals surface area contributed by atoms with E-state index in [1.807, 2.05) is 0 Å². The molecule has 2 aromatic carbocycles. The first kappa shape index (κ1) is 41.8. The van der Waals surface area contributed by atoms with Gasteiger partial charge in [-0.25, -0.2) is 29.3 Å². The summed E-state index contributed by atoms with van der Waals surface area (Å²) < 4.78 is 16.3. The molecule has 0 bridgehead atoms. The summed E-state index contributed by atoms with van der Waals surface area (Å²) >= 11 is 13.3. The minimum absolute atomic E-state index is 0.0460. The molecule has 2 saturated heterocycles. The lowest BCUT2D eigenvalue weighted by Gasteiger charge is -2.55. The number of aromatic nitrogens is 2. The third kappa shape index (κ3) is 8.72. The smallest absolute Gasteiger partial charge is 0.423 e. The number of hydrogen-bond acceptors (Lipinski definition) is 11. The lowest BCUT2D eigenvalue weighted by Crippen LogP contribution is -2.60. The number of piperidine rings is 1. The van der Waals surface area contributed by atoms with E-state index in [1.54, 1.807) is 39.0 Å². The molecule has 56 heavy (non-hydrogen) atoms. The maximum atomic E-state index is 14.3. The maximum Gasteiger partial charge on any atom is 0.423 e. The first-order valence-electron chi connectivity index (χ1n) is 17.8. The highest BCUT2D eigenvalue weighted by Gasteiger charge is 2.45. The summed E-state index contributed by atoms with van der Waals surface area (Å²) in [5.74, 6) is -0.773. The number of rotatable bonds is 10.